The van der Waals surface area contributed by atoms with Gasteiger partial charge in [-0.1, -0.05) is 0 Å². The Hall–Kier alpha value is 0.423. The van der Waals surface area contributed by atoms with E-state index in [1.54, 1.807) is 0 Å². The molecule has 0 aliphatic heterocycles. The van der Waals surface area contributed by atoms with E-state index in [0.29, 0.717) is 0 Å². The molecule has 0 aromatic rings. The van der Waals surface area contributed by atoms with Crippen LogP contribution in [0.15, 0.2) is 0 Å². The van der Waals surface area contributed by atoms with Crippen molar-refractivity contribution < 1.29 is 21.2 Å². The monoisotopic (exact) mass is 146 g/mol. The summed E-state index contributed by atoms with van der Waals surface area (Å²) in [6.07, 6.45) is 0. The maximum absolute atomic E-state index is 4.91. The average molecular weight is 147 g/mol. The van der Waals surface area contributed by atoms with Gasteiger partial charge >= 0.3 is 33.6 Å². The number of hydrogen-bond donors (Lipinski definition) is 4. The van der Waals surface area contributed by atoms with Gasteiger partial charge < -0.3 is 5.48 Å². The molecule has 0 unspecified atom stereocenters. The summed E-state index contributed by atoms with van der Waals surface area (Å²) < 4.78 is 19.6. The van der Waals surface area contributed by atoms with Gasteiger partial charge in [0.25, 0.3) is 0 Å². The molecule has 0 spiro atoms. The van der Waals surface area contributed by atoms with Crippen molar-refractivity contribution in [2.45, 2.75) is 0 Å². The first-order valence-corrected chi connectivity index (χ1v) is 8.49. The molecule has 0 saturated carbocycles. The van der Waals surface area contributed by atoms with Gasteiger partial charge in [-0.25, -0.2) is 0 Å². The number of nitrogens with two attached hydrogens (primary N) is 4. The third-order valence-corrected chi connectivity index (χ3v) is 0. The van der Waals surface area contributed by atoms with Crippen molar-refractivity contribution in [3.8, 4) is 0 Å². The summed E-state index contributed by atoms with van der Waals surface area (Å²) in [4.78, 5) is 0. The van der Waals surface area contributed by atoms with Crippen molar-refractivity contribution >= 4 is 0 Å². The van der Waals surface area contributed by atoms with Crippen LogP contribution in [-0.4, -0.2) is 5.48 Å². The van der Waals surface area contributed by atoms with Crippen molar-refractivity contribution in [2.24, 2.45) is 17.9 Å². The predicted molar refractivity (Wildman–Crippen MR) is 20.4 cm³/mol. The Labute approximate surface area is 39.8 Å². The second-order valence-corrected chi connectivity index (χ2v) is 7.35. The van der Waals surface area contributed by atoms with Gasteiger partial charge in [-0.2, -0.15) is 0 Å². The third-order valence-electron chi connectivity index (χ3n) is 0. The molecule has 0 radical (unpaired) electrons. The summed E-state index contributed by atoms with van der Waals surface area (Å²) >= 11 is -3.25. The molecule has 0 aromatic carbocycles. The van der Waals surface area contributed by atoms with Gasteiger partial charge in [0.1, 0.15) is 0 Å². The van der Waals surface area contributed by atoms with Crippen LogP contribution in [0.25, 0.3) is 0 Å². The molecule has 0 bridgehead atoms. The third kappa shape index (κ3) is 289. The molecule has 6 heavy (non-hydrogen) atoms. The van der Waals surface area contributed by atoms with E-state index < -0.39 is 15.7 Å². The molecule has 0 rings (SSSR count). The van der Waals surface area contributed by atoms with Crippen molar-refractivity contribution in [1.29, 1.82) is 0 Å². The van der Waals surface area contributed by atoms with Crippen molar-refractivity contribution in [1.82, 2.24) is 0 Å². The van der Waals surface area contributed by atoms with Crippen molar-refractivity contribution in [3.05, 3.63) is 0 Å². The molecule has 0 aliphatic rings. The molecule has 6 heteroatoms. The Morgan fingerprint density at radius 3 is 0.833 bits per heavy atom. The summed E-state index contributed by atoms with van der Waals surface area (Å²) in [5, 5.41) is 0. The van der Waals surface area contributed by atoms with Crippen LogP contribution in [-0.2, 0) is 15.7 Å². The molecule has 0 amide bonds. The van der Waals surface area contributed by atoms with Gasteiger partial charge in [0.05, 0.1) is 0 Å². The average Bonchev–Trinajstić information content (AvgIpc) is 0.722. The molecule has 0 fully saturated rings. The fourth-order valence-corrected chi connectivity index (χ4v) is 0. The van der Waals surface area contributed by atoms with E-state index >= 15 is 0 Å². The quantitative estimate of drug-likeness (QED) is 0.268. The van der Waals surface area contributed by atoms with Crippen LogP contribution < -0.4 is 17.9 Å². The molecular weight excluding hydrogens is 137 g/mol. The first-order chi connectivity index (χ1) is 2.00. The maximum atomic E-state index is 4.91. The van der Waals surface area contributed by atoms with Gasteiger partial charge in [-0.05, 0) is 0 Å². The molecule has 0 aromatic heterocycles. The number of rotatable bonds is 0. The fourth-order valence-electron chi connectivity index (χ4n) is 0. The second kappa shape index (κ2) is 2.57. The number of hydrogen-bond acceptors (Lipinski definition) is 4. The van der Waals surface area contributed by atoms with E-state index in [2.05, 4.69) is 0 Å². The van der Waals surface area contributed by atoms with E-state index in [4.69, 9.17) is 17.9 Å². The molecule has 0 aliphatic carbocycles. The van der Waals surface area contributed by atoms with Gasteiger partial charge in [-0.15, -0.1) is 0 Å². The first-order valence-electron chi connectivity index (χ1n) is 1.63. The van der Waals surface area contributed by atoms with Crippen LogP contribution in [0.2, 0.25) is 0 Å². The predicted octanol–water partition coefficient (Wildman–Crippen LogP) is -3.19. The molecule has 38 valence electrons. The Kier molecular flexibility index (Phi) is 4.14. The molecular formula is H10N4OZn. The van der Waals surface area contributed by atoms with E-state index in [1.807, 2.05) is 0 Å². The summed E-state index contributed by atoms with van der Waals surface area (Å²) in [6, 6.07) is 0. The molecule has 0 atom stereocenters. The topological polar surface area (TPSA) is 136 Å². The zero-order valence-corrected chi connectivity index (χ0v) is 6.48. The Morgan fingerprint density at radius 2 is 0.833 bits per heavy atom. The van der Waals surface area contributed by atoms with Crippen molar-refractivity contribution in [2.75, 3.05) is 0 Å². The molecule has 10 N–H and O–H groups in total. The molecule has 0 saturated heterocycles. The molecule has 0 heterocycles. The zero-order chi connectivity index (χ0) is 4.50. The Balaban J connectivity index is 0. The summed E-state index contributed by atoms with van der Waals surface area (Å²) in [5.74, 6) is 0. The summed E-state index contributed by atoms with van der Waals surface area (Å²) in [7, 11) is 0. The van der Waals surface area contributed by atoms with E-state index in [9.17, 15) is 0 Å². The Bertz CT molecular complexity index is 23.0. The second-order valence-electron chi connectivity index (χ2n) is 1.41. The van der Waals surface area contributed by atoms with Crippen LogP contribution >= 0.6 is 0 Å². The van der Waals surface area contributed by atoms with Gasteiger partial charge in [0.2, 0.25) is 0 Å². The van der Waals surface area contributed by atoms with Crippen LogP contribution in [0.3, 0.4) is 0 Å². The zero-order valence-electron chi connectivity index (χ0n) is 3.52. The van der Waals surface area contributed by atoms with Crippen LogP contribution in [0.4, 0.5) is 0 Å². The summed E-state index contributed by atoms with van der Waals surface area (Å²) in [6.45, 7) is 0. The van der Waals surface area contributed by atoms with Gasteiger partial charge in [0, 0.05) is 0 Å². The van der Waals surface area contributed by atoms with Crippen LogP contribution in [0.1, 0.15) is 0 Å². The normalized spacial score (nSPS) is 7.33. The minimum absolute atomic E-state index is 0. The standard InChI is InChI=1S/4H2N.H2O.Zn/h5*1H2;/q4*-1;;+4. The van der Waals surface area contributed by atoms with Crippen molar-refractivity contribution in [3.63, 3.8) is 0 Å². The van der Waals surface area contributed by atoms with Gasteiger partial charge in [0.15, 0.2) is 0 Å². The van der Waals surface area contributed by atoms with Crippen LogP contribution in [0.5, 0.6) is 0 Å². The minimum atomic E-state index is -3.25. The van der Waals surface area contributed by atoms with Gasteiger partial charge in [-0.3, -0.25) is 0 Å². The van der Waals surface area contributed by atoms with E-state index in [0.717, 1.165) is 0 Å². The van der Waals surface area contributed by atoms with E-state index in [-0.39, 0.29) is 5.48 Å². The fraction of sp³-hybridized carbons (Fsp3) is 0. The SMILES string of the molecule is O.[NH2][Zn]([NH2])([NH2])[NH2]. The molecule has 5 nitrogen and oxygen atoms in total. The first kappa shape index (κ1) is 9.66. The Morgan fingerprint density at radius 1 is 0.833 bits per heavy atom. The van der Waals surface area contributed by atoms with E-state index in [1.165, 1.54) is 0 Å². The summed E-state index contributed by atoms with van der Waals surface area (Å²) in [5.41, 5.74) is 0. The van der Waals surface area contributed by atoms with Crippen LogP contribution in [0, 0.1) is 0 Å².